The van der Waals surface area contributed by atoms with Gasteiger partial charge in [-0.25, -0.2) is 4.98 Å². The lowest BCUT2D eigenvalue weighted by molar-refractivity contribution is -0.115. The molecule has 0 fully saturated rings. The van der Waals surface area contributed by atoms with Crippen molar-refractivity contribution in [3.05, 3.63) is 91.6 Å². The number of thiazole rings is 1. The Kier molecular flexibility index (Phi) is 6.03. The molecule has 146 valence electrons. The molecule has 0 saturated carbocycles. The molecule has 4 rings (SSSR count). The predicted molar refractivity (Wildman–Crippen MR) is 122 cm³/mol. The number of thiophene rings is 1. The van der Waals surface area contributed by atoms with E-state index in [0.717, 1.165) is 31.3 Å². The van der Waals surface area contributed by atoms with Gasteiger partial charge in [-0.2, -0.15) is 0 Å². The number of benzene rings is 1. The van der Waals surface area contributed by atoms with E-state index in [2.05, 4.69) is 26.2 Å². The first-order chi connectivity index (χ1) is 14.1. The molecule has 1 amide bonds. The molecule has 1 N–H and O–H groups in total. The Hall–Kier alpha value is -2.55. The fourth-order valence-corrected chi connectivity index (χ4v) is 5.10. The van der Waals surface area contributed by atoms with Crippen LogP contribution in [0.25, 0.3) is 9.88 Å². The number of nitrogens with zero attached hydrogens (tertiary/aromatic N) is 2. The highest BCUT2D eigenvalue weighted by atomic mass is 79.9. The van der Waals surface area contributed by atoms with Crippen LogP contribution in [0.5, 0.6) is 0 Å². The molecule has 8 heteroatoms. The van der Waals surface area contributed by atoms with Gasteiger partial charge in [0.15, 0.2) is 0 Å². The first kappa shape index (κ1) is 19.8. The summed E-state index contributed by atoms with van der Waals surface area (Å²) in [6.45, 7) is 0.494. The van der Waals surface area contributed by atoms with E-state index in [9.17, 15) is 9.59 Å². The van der Waals surface area contributed by atoms with Gasteiger partial charge in [0.2, 0.25) is 5.91 Å². The van der Waals surface area contributed by atoms with Crippen LogP contribution in [0, 0.1) is 0 Å². The number of anilines is 1. The SMILES string of the molecule is O=C(Cc1csc(-c2cc(Br)cs2)n1)Nc1ccc(Cn2ccccc2=O)cc1. The van der Waals surface area contributed by atoms with Crippen molar-refractivity contribution in [2.45, 2.75) is 13.0 Å². The summed E-state index contributed by atoms with van der Waals surface area (Å²) in [5, 5.41) is 7.75. The van der Waals surface area contributed by atoms with Gasteiger partial charge in [0.25, 0.3) is 5.56 Å². The number of carbonyl (C=O) groups is 1. The van der Waals surface area contributed by atoms with Crippen LogP contribution in [0.1, 0.15) is 11.3 Å². The van der Waals surface area contributed by atoms with E-state index in [1.54, 1.807) is 28.2 Å². The molecule has 1 aromatic carbocycles. The molecule has 4 aromatic rings. The molecule has 3 aromatic heterocycles. The van der Waals surface area contributed by atoms with Gasteiger partial charge in [-0.1, -0.05) is 18.2 Å². The molecule has 0 aliphatic heterocycles. The van der Waals surface area contributed by atoms with Crippen molar-refractivity contribution < 1.29 is 4.79 Å². The van der Waals surface area contributed by atoms with E-state index in [4.69, 9.17) is 0 Å². The number of halogens is 1. The number of hydrogen-bond acceptors (Lipinski definition) is 5. The number of hydrogen-bond donors (Lipinski definition) is 1. The molecule has 0 unspecified atom stereocenters. The lowest BCUT2D eigenvalue weighted by Crippen LogP contribution is -2.18. The average Bonchev–Trinajstić information content (AvgIpc) is 3.34. The predicted octanol–water partition coefficient (Wildman–Crippen LogP) is 5.03. The van der Waals surface area contributed by atoms with Crippen molar-refractivity contribution in [2.24, 2.45) is 0 Å². The van der Waals surface area contributed by atoms with Gasteiger partial charge < -0.3 is 9.88 Å². The minimum atomic E-state index is -0.110. The fraction of sp³-hybridized carbons (Fsp3) is 0.0952. The molecule has 5 nitrogen and oxygen atoms in total. The number of rotatable bonds is 6. The molecule has 0 bridgehead atoms. The summed E-state index contributed by atoms with van der Waals surface area (Å²) in [6.07, 6.45) is 1.99. The molecular weight excluding hydrogens is 470 g/mol. The van der Waals surface area contributed by atoms with E-state index in [-0.39, 0.29) is 17.9 Å². The van der Waals surface area contributed by atoms with Crippen molar-refractivity contribution in [1.29, 1.82) is 0 Å². The van der Waals surface area contributed by atoms with Crippen LogP contribution in [0.15, 0.2) is 74.8 Å². The summed E-state index contributed by atoms with van der Waals surface area (Å²) in [4.78, 5) is 29.8. The van der Waals surface area contributed by atoms with Crippen LogP contribution < -0.4 is 10.9 Å². The van der Waals surface area contributed by atoms with Crippen molar-refractivity contribution in [1.82, 2.24) is 9.55 Å². The summed E-state index contributed by atoms with van der Waals surface area (Å²) in [6, 6.07) is 14.6. The lowest BCUT2D eigenvalue weighted by atomic mass is 10.2. The van der Waals surface area contributed by atoms with Crippen LogP contribution in [0.4, 0.5) is 5.69 Å². The maximum Gasteiger partial charge on any atom is 0.250 e. The first-order valence-electron chi connectivity index (χ1n) is 8.80. The number of amides is 1. The van der Waals surface area contributed by atoms with Gasteiger partial charge in [0.05, 0.1) is 23.5 Å². The highest BCUT2D eigenvalue weighted by Gasteiger charge is 2.11. The maximum absolute atomic E-state index is 12.4. The Morgan fingerprint density at radius 2 is 1.93 bits per heavy atom. The molecule has 0 radical (unpaired) electrons. The zero-order valence-electron chi connectivity index (χ0n) is 15.2. The molecule has 0 spiro atoms. The second-order valence-electron chi connectivity index (χ2n) is 6.36. The highest BCUT2D eigenvalue weighted by Crippen LogP contribution is 2.32. The third-order valence-electron chi connectivity index (χ3n) is 4.16. The third kappa shape index (κ3) is 5.09. The molecule has 29 heavy (non-hydrogen) atoms. The van der Waals surface area contributed by atoms with Crippen LogP contribution in [0.3, 0.4) is 0 Å². The van der Waals surface area contributed by atoms with E-state index in [1.807, 2.05) is 47.2 Å². The van der Waals surface area contributed by atoms with E-state index in [1.165, 1.54) is 17.4 Å². The van der Waals surface area contributed by atoms with Crippen LogP contribution in [0.2, 0.25) is 0 Å². The zero-order valence-corrected chi connectivity index (χ0v) is 18.4. The zero-order chi connectivity index (χ0) is 20.2. The Morgan fingerprint density at radius 1 is 1.10 bits per heavy atom. The topological polar surface area (TPSA) is 64.0 Å². The van der Waals surface area contributed by atoms with Gasteiger partial charge >= 0.3 is 0 Å². The third-order valence-corrected chi connectivity index (χ3v) is 6.91. The second-order valence-corrected chi connectivity index (χ2v) is 9.05. The van der Waals surface area contributed by atoms with Gasteiger partial charge in [0.1, 0.15) is 5.01 Å². The molecule has 3 heterocycles. The Bertz CT molecular complexity index is 1190. The van der Waals surface area contributed by atoms with Gasteiger partial charge in [-0.3, -0.25) is 9.59 Å². The Morgan fingerprint density at radius 3 is 2.66 bits per heavy atom. The fourth-order valence-electron chi connectivity index (χ4n) is 2.78. The minimum Gasteiger partial charge on any atom is -0.326 e. The molecule has 0 saturated heterocycles. The number of pyridine rings is 1. The average molecular weight is 486 g/mol. The van der Waals surface area contributed by atoms with Gasteiger partial charge in [-0.15, -0.1) is 22.7 Å². The highest BCUT2D eigenvalue weighted by molar-refractivity contribution is 9.10. The van der Waals surface area contributed by atoms with Crippen molar-refractivity contribution in [3.8, 4) is 9.88 Å². The van der Waals surface area contributed by atoms with Crippen LogP contribution >= 0.6 is 38.6 Å². The summed E-state index contributed by atoms with van der Waals surface area (Å²) < 4.78 is 2.67. The molecular formula is C21H16BrN3O2S2. The molecule has 0 atom stereocenters. The second kappa shape index (κ2) is 8.86. The van der Waals surface area contributed by atoms with Crippen molar-refractivity contribution >= 4 is 50.2 Å². The van der Waals surface area contributed by atoms with E-state index >= 15 is 0 Å². The quantitative estimate of drug-likeness (QED) is 0.416. The number of aromatic nitrogens is 2. The summed E-state index contributed by atoms with van der Waals surface area (Å²) in [7, 11) is 0. The number of carbonyl (C=O) groups excluding carboxylic acids is 1. The Balaban J connectivity index is 1.36. The van der Waals surface area contributed by atoms with E-state index in [0.29, 0.717) is 6.54 Å². The van der Waals surface area contributed by atoms with E-state index < -0.39 is 0 Å². The smallest absolute Gasteiger partial charge is 0.250 e. The van der Waals surface area contributed by atoms with Crippen molar-refractivity contribution in [3.63, 3.8) is 0 Å². The maximum atomic E-state index is 12.4. The first-order valence-corrected chi connectivity index (χ1v) is 11.3. The van der Waals surface area contributed by atoms with Crippen LogP contribution in [-0.4, -0.2) is 15.5 Å². The summed E-state index contributed by atoms with van der Waals surface area (Å²) in [5.74, 6) is -0.110. The normalized spacial score (nSPS) is 10.8. The van der Waals surface area contributed by atoms with Gasteiger partial charge in [-0.05, 0) is 45.8 Å². The minimum absolute atomic E-state index is 0.0394. The molecule has 0 aliphatic carbocycles. The lowest BCUT2D eigenvalue weighted by Gasteiger charge is -2.07. The summed E-state index contributed by atoms with van der Waals surface area (Å²) >= 11 is 6.61. The van der Waals surface area contributed by atoms with Crippen LogP contribution in [-0.2, 0) is 17.8 Å². The standard InChI is InChI=1S/C21H16BrN3O2S2/c22-15-9-18(28-12-15)21-24-17(13-29-21)10-19(26)23-16-6-4-14(5-7-16)11-25-8-2-1-3-20(25)27/h1-9,12-13H,10-11H2,(H,23,26). The monoisotopic (exact) mass is 485 g/mol. The largest absolute Gasteiger partial charge is 0.326 e. The summed E-state index contributed by atoms with van der Waals surface area (Å²) in [5.41, 5.74) is 2.42. The number of nitrogens with one attached hydrogen (secondary N) is 1. The Labute approximate surface area is 183 Å². The van der Waals surface area contributed by atoms with Gasteiger partial charge in [0, 0.05) is 33.2 Å². The van der Waals surface area contributed by atoms with Crippen molar-refractivity contribution in [2.75, 3.05) is 5.32 Å². The molecule has 0 aliphatic rings.